The standard InChI is InChI=1S/C16H18F6N2/c1-24-8-4-7-11(24)13-12(15(17,18)19)9-5-2-3-6-10(9)14(23-13)16(20,21)22/h11H,2-8H2,1H3/t11-/m1/s1. The van der Waals surface area contributed by atoms with Crippen molar-refractivity contribution >= 4 is 0 Å². The highest BCUT2D eigenvalue weighted by Crippen LogP contribution is 2.46. The van der Waals surface area contributed by atoms with Crippen LogP contribution in [0.3, 0.4) is 0 Å². The highest BCUT2D eigenvalue weighted by molar-refractivity contribution is 5.46. The van der Waals surface area contributed by atoms with Gasteiger partial charge in [-0.3, -0.25) is 4.90 Å². The van der Waals surface area contributed by atoms with Crippen molar-refractivity contribution in [3.05, 3.63) is 28.1 Å². The third kappa shape index (κ3) is 3.00. The first-order valence-corrected chi connectivity index (χ1v) is 8.01. The molecule has 24 heavy (non-hydrogen) atoms. The van der Waals surface area contributed by atoms with Crippen molar-refractivity contribution in [1.82, 2.24) is 9.88 Å². The summed E-state index contributed by atoms with van der Waals surface area (Å²) in [6, 6.07) is -0.713. The van der Waals surface area contributed by atoms with Crippen molar-refractivity contribution < 1.29 is 26.3 Å². The molecule has 0 unspecified atom stereocenters. The van der Waals surface area contributed by atoms with Crippen LogP contribution in [0.1, 0.15) is 59.8 Å². The van der Waals surface area contributed by atoms with Gasteiger partial charge in [-0.25, -0.2) is 4.98 Å². The predicted molar refractivity (Wildman–Crippen MR) is 75.5 cm³/mol. The Morgan fingerprint density at radius 3 is 2.04 bits per heavy atom. The van der Waals surface area contributed by atoms with Gasteiger partial charge in [0.25, 0.3) is 0 Å². The molecule has 0 radical (unpaired) electrons. The third-order valence-electron chi connectivity index (χ3n) is 4.93. The lowest BCUT2D eigenvalue weighted by Crippen LogP contribution is -2.28. The van der Waals surface area contributed by atoms with Crippen LogP contribution in [0.25, 0.3) is 0 Å². The second-order valence-electron chi connectivity index (χ2n) is 6.52. The summed E-state index contributed by atoms with van der Waals surface area (Å²) in [6.07, 6.45) is -7.44. The summed E-state index contributed by atoms with van der Waals surface area (Å²) in [5, 5.41) is 0. The minimum absolute atomic E-state index is 0.00103. The first-order valence-electron chi connectivity index (χ1n) is 8.01. The summed E-state index contributed by atoms with van der Waals surface area (Å²) in [5.74, 6) is 0. The second-order valence-corrected chi connectivity index (χ2v) is 6.52. The van der Waals surface area contributed by atoms with Crippen molar-refractivity contribution in [3.8, 4) is 0 Å². The molecular weight excluding hydrogens is 334 g/mol. The van der Waals surface area contributed by atoms with E-state index in [2.05, 4.69) is 4.98 Å². The molecule has 0 N–H and O–H groups in total. The van der Waals surface area contributed by atoms with Crippen LogP contribution in [0.4, 0.5) is 26.3 Å². The summed E-state index contributed by atoms with van der Waals surface area (Å²) in [7, 11) is 1.63. The molecular formula is C16H18F6N2. The fourth-order valence-electron chi connectivity index (χ4n) is 3.89. The molecule has 3 rings (SSSR count). The monoisotopic (exact) mass is 352 g/mol. The molecule has 0 aromatic carbocycles. The number of hydrogen-bond acceptors (Lipinski definition) is 2. The molecule has 1 aliphatic heterocycles. The number of halogens is 6. The van der Waals surface area contributed by atoms with E-state index in [-0.39, 0.29) is 24.0 Å². The number of hydrogen-bond donors (Lipinski definition) is 0. The van der Waals surface area contributed by atoms with Crippen molar-refractivity contribution in [1.29, 1.82) is 0 Å². The van der Waals surface area contributed by atoms with Crippen molar-refractivity contribution in [2.45, 2.75) is 56.9 Å². The van der Waals surface area contributed by atoms with E-state index in [0.29, 0.717) is 32.2 Å². The van der Waals surface area contributed by atoms with Crippen LogP contribution in [0.15, 0.2) is 0 Å². The van der Waals surface area contributed by atoms with E-state index in [1.54, 1.807) is 11.9 Å². The molecule has 134 valence electrons. The van der Waals surface area contributed by atoms with E-state index in [9.17, 15) is 26.3 Å². The Balaban J connectivity index is 2.30. The van der Waals surface area contributed by atoms with Crippen LogP contribution in [-0.4, -0.2) is 23.5 Å². The van der Waals surface area contributed by atoms with E-state index in [4.69, 9.17) is 0 Å². The lowest BCUT2D eigenvalue weighted by molar-refractivity contribution is -0.146. The number of likely N-dealkylation sites (tertiary alicyclic amines) is 1. The van der Waals surface area contributed by atoms with Gasteiger partial charge in [0.15, 0.2) is 0 Å². The largest absolute Gasteiger partial charge is 0.433 e. The minimum atomic E-state index is -4.74. The molecule has 1 aromatic heterocycles. The fraction of sp³-hybridized carbons (Fsp3) is 0.688. The fourth-order valence-corrected chi connectivity index (χ4v) is 3.89. The van der Waals surface area contributed by atoms with Crippen LogP contribution in [0.2, 0.25) is 0 Å². The molecule has 1 atom stereocenters. The normalized spacial score (nSPS) is 22.7. The molecule has 1 fully saturated rings. The molecule has 1 aliphatic carbocycles. The van der Waals surface area contributed by atoms with E-state index in [1.165, 1.54) is 0 Å². The Bertz CT molecular complexity index is 635. The lowest BCUT2D eigenvalue weighted by atomic mass is 9.84. The first-order chi connectivity index (χ1) is 11.1. The maximum atomic E-state index is 13.7. The Morgan fingerprint density at radius 1 is 0.917 bits per heavy atom. The molecule has 0 amide bonds. The average Bonchev–Trinajstić information content (AvgIpc) is 2.89. The SMILES string of the molecule is CN1CCC[C@@H]1c1nc(C(F)(F)F)c2c(c1C(F)(F)F)CCCC2. The number of pyridine rings is 1. The highest BCUT2D eigenvalue weighted by Gasteiger charge is 2.46. The van der Waals surface area contributed by atoms with Gasteiger partial charge in [0, 0.05) is 0 Å². The van der Waals surface area contributed by atoms with Gasteiger partial charge in [-0.15, -0.1) is 0 Å². The smallest absolute Gasteiger partial charge is 0.298 e. The van der Waals surface area contributed by atoms with Gasteiger partial charge in [0.2, 0.25) is 0 Å². The van der Waals surface area contributed by atoms with Gasteiger partial charge in [0.1, 0.15) is 5.69 Å². The quantitative estimate of drug-likeness (QED) is 0.677. The van der Waals surface area contributed by atoms with Crippen LogP contribution < -0.4 is 0 Å². The Kier molecular flexibility index (Phi) is 4.30. The average molecular weight is 352 g/mol. The van der Waals surface area contributed by atoms with Crippen LogP contribution in [-0.2, 0) is 25.2 Å². The Morgan fingerprint density at radius 2 is 1.54 bits per heavy atom. The van der Waals surface area contributed by atoms with Crippen LogP contribution >= 0.6 is 0 Å². The molecule has 2 nitrogen and oxygen atoms in total. The summed E-state index contributed by atoms with van der Waals surface area (Å²) in [5.41, 5.74) is -2.95. The Hall–Kier alpha value is -1.31. The topological polar surface area (TPSA) is 16.1 Å². The van der Waals surface area contributed by atoms with Gasteiger partial charge in [-0.05, 0) is 63.2 Å². The van der Waals surface area contributed by atoms with Gasteiger partial charge in [-0.1, -0.05) is 0 Å². The van der Waals surface area contributed by atoms with E-state index in [0.717, 1.165) is 0 Å². The predicted octanol–water partition coefficient (Wildman–Crippen LogP) is 4.76. The summed E-state index contributed by atoms with van der Waals surface area (Å²) < 4.78 is 81.3. The summed E-state index contributed by atoms with van der Waals surface area (Å²) in [4.78, 5) is 5.23. The summed E-state index contributed by atoms with van der Waals surface area (Å²) >= 11 is 0. The molecule has 0 spiro atoms. The van der Waals surface area contributed by atoms with Gasteiger partial charge >= 0.3 is 12.4 Å². The van der Waals surface area contributed by atoms with Gasteiger partial charge in [-0.2, -0.15) is 26.3 Å². The number of alkyl halides is 6. The number of aromatic nitrogens is 1. The number of nitrogens with zero attached hydrogens (tertiary/aromatic N) is 2. The highest BCUT2D eigenvalue weighted by atomic mass is 19.4. The van der Waals surface area contributed by atoms with E-state index < -0.39 is 35.3 Å². The van der Waals surface area contributed by atoms with Crippen LogP contribution in [0.5, 0.6) is 0 Å². The van der Waals surface area contributed by atoms with Gasteiger partial charge < -0.3 is 0 Å². The number of fused-ring (bicyclic) bond motifs is 1. The zero-order valence-electron chi connectivity index (χ0n) is 13.2. The van der Waals surface area contributed by atoms with Crippen molar-refractivity contribution in [2.75, 3.05) is 13.6 Å². The molecule has 0 bridgehead atoms. The summed E-state index contributed by atoms with van der Waals surface area (Å²) in [6.45, 7) is 0.558. The lowest BCUT2D eigenvalue weighted by Gasteiger charge is -2.30. The minimum Gasteiger partial charge on any atom is -0.298 e. The molecule has 0 saturated carbocycles. The molecule has 1 aromatic rings. The van der Waals surface area contributed by atoms with E-state index >= 15 is 0 Å². The first kappa shape index (κ1) is 17.5. The van der Waals surface area contributed by atoms with Crippen molar-refractivity contribution in [2.24, 2.45) is 0 Å². The zero-order chi connectivity index (χ0) is 17.7. The maximum absolute atomic E-state index is 13.7. The molecule has 8 heteroatoms. The van der Waals surface area contributed by atoms with Gasteiger partial charge in [0.05, 0.1) is 17.3 Å². The Labute approximate surface area is 135 Å². The van der Waals surface area contributed by atoms with Crippen molar-refractivity contribution in [3.63, 3.8) is 0 Å². The second kappa shape index (κ2) is 5.89. The maximum Gasteiger partial charge on any atom is 0.433 e. The molecule has 2 aliphatic rings. The zero-order valence-corrected chi connectivity index (χ0v) is 13.2. The third-order valence-corrected chi connectivity index (χ3v) is 4.93. The molecule has 1 saturated heterocycles. The molecule has 2 heterocycles. The van der Waals surface area contributed by atoms with E-state index in [1.807, 2.05) is 0 Å². The van der Waals surface area contributed by atoms with Crippen LogP contribution in [0, 0.1) is 0 Å². The number of rotatable bonds is 1.